The number of nitrogens with zero attached hydrogens (tertiary/aromatic N) is 2. The third-order valence-electron chi connectivity index (χ3n) is 2.00. The van der Waals surface area contributed by atoms with E-state index >= 15 is 0 Å². The lowest BCUT2D eigenvalue weighted by molar-refractivity contribution is 0.0690. The highest BCUT2D eigenvalue weighted by Crippen LogP contribution is 2.25. The first-order valence-corrected chi connectivity index (χ1v) is 6.39. The van der Waals surface area contributed by atoms with Crippen LogP contribution in [0.1, 0.15) is 28.8 Å². The lowest BCUT2D eigenvalue weighted by Gasteiger charge is -2.08. The Balaban J connectivity index is 3.17. The van der Waals surface area contributed by atoms with Crippen molar-refractivity contribution in [1.29, 1.82) is 0 Å². The predicted molar refractivity (Wildman–Crippen MR) is 68.8 cm³/mol. The molecule has 1 N–H and O–H groups in total. The smallest absolute Gasteiger partial charge is 0.340 e. The molecule has 0 spiro atoms. The zero-order chi connectivity index (χ0) is 13.0. The van der Waals surface area contributed by atoms with Crippen molar-refractivity contribution >= 4 is 29.3 Å². The number of rotatable bonds is 5. The molecule has 1 aromatic rings. The monoisotopic (exact) mass is 272 g/mol. The summed E-state index contributed by atoms with van der Waals surface area (Å²) in [7, 11) is 0. The van der Waals surface area contributed by atoms with Crippen LogP contribution in [0.4, 0.5) is 0 Å². The van der Waals surface area contributed by atoms with E-state index in [1.165, 1.54) is 11.8 Å². The van der Waals surface area contributed by atoms with Gasteiger partial charge in [0.1, 0.15) is 16.4 Å². The van der Waals surface area contributed by atoms with E-state index in [2.05, 4.69) is 16.5 Å². The Morgan fingerprint density at radius 3 is 2.65 bits per heavy atom. The van der Waals surface area contributed by atoms with Crippen molar-refractivity contribution in [2.75, 3.05) is 5.75 Å². The highest BCUT2D eigenvalue weighted by molar-refractivity contribution is 7.99. The molecule has 0 radical (unpaired) electrons. The Hall–Kier alpha value is -1.07. The van der Waals surface area contributed by atoms with Gasteiger partial charge in [-0.3, -0.25) is 0 Å². The summed E-state index contributed by atoms with van der Waals surface area (Å²) < 4.78 is 0. The van der Waals surface area contributed by atoms with E-state index in [0.29, 0.717) is 33.8 Å². The maximum absolute atomic E-state index is 11.1. The van der Waals surface area contributed by atoms with Crippen molar-refractivity contribution in [2.24, 2.45) is 0 Å². The normalized spacial score (nSPS) is 10.3. The maximum atomic E-state index is 11.1. The largest absolute Gasteiger partial charge is 0.478 e. The van der Waals surface area contributed by atoms with Crippen LogP contribution in [-0.2, 0) is 6.42 Å². The van der Waals surface area contributed by atoms with Crippen molar-refractivity contribution in [1.82, 2.24) is 9.97 Å². The van der Waals surface area contributed by atoms with Crippen LogP contribution in [0.15, 0.2) is 16.6 Å². The number of aromatic carboxylic acids is 1. The first kappa shape index (κ1) is 14.0. The molecule has 6 heteroatoms. The Morgan fingerprint density at radius 1 is 1.53 bits per heavy atom. The summed E-state index contributed by atoms with van der Waals surface area (Å²) in [4.78, 5) is 19.5. The van der Waals surface area contributed by atoms with Crippen molar-refractivity contribution in [3.05, 3.63) is 28.7 Å². The van der Waals surface area contributed by atoms with Crippen molar-refractivity contribution < 1.29 is 9.90 Å². The number of carboxylic acids is 1. The third-order valence-corrected chi connectivity index (χ3v) is 3.35. The van der Waals surface area contributed by atoms with Crippen LogP contribution in [0.3, 0.4) is 0 Å². The molecule has 1 rings (SSSR count). The van der Waals surface area contributed by atoms with Gasteiger partial charge >= 0.3 is 5.97 Å². The van der Waals surface area contributed by atoms with Gasteiger partial charge < -0.3 is 5.11 Å². The van der Waals surface area contributed by atoms with Crippen LogP contribution in [0, 0.1) is 6.92 Å². The van der Waals surface area contributed by atoms with Gasteiger partial charge in [0.05, 0.1) is 5.69 Å². The third kappa shape index (κ3) is 3.71. The zero-order valence-electron chi connectivity index (χ0n) is 9.66. The van der Waals surface area contributed by atoms with Crippen LogP contribution in [-0.4, -0.2) is 26.8 Å². The van der Waals surface area contributed by atoms with E-state index in [1.807, 2.05) is 6.92 Å². The second kappa shape index (κ2) is 6.02. The van der Waals surface area contributed by atoms with Gasteiger partial charge in [-0.15, -0.1) is 0 Å². The second-order valence-electron chi connectivity index (χ2n) is 3.37. The molecule has 0 atom stereocenters. The van der Waals surface area contributed by atoms with Crippen LogP contribution >= 0.6 is 23.4 Å². The first-order chi connectivity index (χ1) is 7.95. The van der Waals surface area contributed by atoms with Gasteiger partial charge in [0.2, 0.25) is 0 Å². The molecule has 92 valence electrons. The molecule has 0 aliphatic heterocycles. The van der Waals surface area contributed by atoms with E-state index in [9.17, 15) is 4.79 Å². The van der Waals surface area contributed by atoms with E-state index in [0.717, 1.165) is 0 Å². The van der Waals surface area contributed by atoms with E-state index in [4.69, 9.17) is 16.7 Å². The number of hydrogen-bond acceptors (Lipinski definition) is 4. The molecule has 4 nitrogen and oxygen atoms in total. The van der Waals surface area contributed by atoms with Crippen LogP contribution in [0.25, 0.3) is 0 Å². The second-order valence-corrected chi connectivity index (χ2v) is 4.87. The Kier molecular flexibility index (Phi) is 4.96. The average Bonchev–Trinajstić information content (AvgIpc) is 2.24. The summed E-state index contributed by atoms with van der Waals surface area (Å²) in [5.41, 5.74) is 0.622. The van der Waals surface area contributed by atoms with Crippen LogP contribution in [0.5, 0.6) is 0 Å². The molecular formula is C11H13ClN2O2S. The number of aryl methyl sites for hydroxylation is 2. The number of carbonyl (C=O) groups is 1. The maximum Gasteiger partial charge on any atom is 0.340 e. The van der Waals surface area contributed by atoms with Gasteiger partial charge in [-0.05, 0) is 6.92 Å². The molecule has 1 aromatic heterocycles. The van der Waals surface area contributed by atoms with E-state index < -0.39 is 5.97 Å². The molecule has 0 saturated heterocycles. The zero-order valence-corrected chi connectivity index (χ0v) is 11.2. The Bertz CT molecular complexity index is 463. The predicted octanol–water partition coefficient (Wildman–Crippen LogP) is 2.89. The molecule has 0 fully saturated rings. The minimum atomic E-state index is -1.02. The molecule has 1 heterocycles. The topological polar surface area (TPSA) is 63.1 Å². The molecule has 0 unspecified atom stereocenters. The highest BCUT2D eigenvalue weighted by Gasteiger charge is 2.17. The van der Waals surface area contributed by atoms with Gasteiger partial charge in [0, 0.05) is 17.2 Å². The number of thioether (sulfide) groups is 1. The van der Waals surface area contributed by atoms with Gasteiger partial charge in [-0.2, -0.15) is 0 Å². The van der Waals surface area contributed by atoms with Crippen LogP contribution < -0.4 is 0 Å². The fourth-order valence-electron chi connectivity index (χ4n) is 1.26. The minimum absolute atomic E-state index is 0.144. The van der Waals surface area contributed by atoms with E-state index in [-0.39, 0.29) is 5.56 Å². The van der Waals surface area contributed by atoms with Gasteiger partial charge in [-0.25, -0.2) is 14.8 Å². The Labute approximate surface area is 109 Å². The lowest BCUT2D eigenvalue weighted by Crippen LogP contribution is -2.09. The summed E-state index contributed by atoms with van der Waals surface area (Å²) >= 11 is 6.93. The number of carboxylic acid groups (broad SMARTS) is 1. The fraction of sp³-hybridized carbons (Fsp3) is 0.364. The number of aromatic nitrogens is 2. The van der Waals surface area contributed by atoms with Gasteiger partial charge in [0.15, 0.2) is 0 Å². The summed E-state index contributed by atoms with van der Waals surface area (Å²) in [5, 5.41) is 10.0. The molecule has 0 saturated carbocycles. The quantitative estimate of drug-likeness (QED) is 0.660. The molecule has 0 aromatic carbocycles. The summed E-state index contributed by atoms with van der Waals surface area (Å²) in [6.07, 6.45) is 0.663. The van der Waals surface area contributed by atoms with Gasteiger partial charge in [0.25, 0.3) is 0 Å². The molecule has 0 bridgehead atoms. The van der Waals surface area contributed by atoms with E-state index in [1.54, 1.807) is 6.92 Å². The van der Waals surface area contributed by atoms with Crippen molar-refractivity contribution in [2.45, 2.75) is 25.3 Å². The lowest BCUT2D eigenvalue weighted by atomic mass is 10.2. The van der Waals surface area contributed by atoms with Crippen molar-refractivity contribution in [3.8, 4) is 0 Å². The molecule has 0 amide bonds. The number of halogens is 1. The average molecular weight is 273 g/mol. The fourth-order valence-corrected chi connectivity index (χ4v) is 2.26. The summed E-state index contributed by atoms with van der Waals surface area (Å²) in [6.45, 7) is 7.15. The number of hydrogen-bond donors (Lipinski definition) is 1. The van der Waals surface area contributed by atoms with Crippen LogP contribution in [0.2, 0.25) is 0 Å². The summed E-state index contributed by atoms with van der Waals surface area (Å²) in [5.74, 6) is 0.0459. The first-order valence-electron chi connectivity index (χ1n) is 5.02. The molecular weight excluding hydrogens is 260 g/mol. The molecule has 17 heavy (non-hydrogen) atoms. The SMILES string of the molecule is C=C(Cl)CSc1nc(CC)nc(C)c1C(=O)O. The highest BCUT2D eigenvalue weighted by atomic mass is 35.5. The summed E-state index contributed by atoms with van der Waals surface area (Å²) in [6, 6.07) is 0. The Morgan fingerprint density at radius 2 is 2.18 bits per heavy atom. The van der Waals surface area contributed by atoms with Gasteiger partial charge in [-0.1, -0.05) is 36.9 Å². The van der Waals surface area contributed by atoms with Crippen molar-refractivity contribution in [3.63, 3.8) is 0 Å². The standard InChI is InChI=1S/C11H13ClN2O2S/c1-4-8-13-7(3)9(11(15)16)10(14-8)17-5-6(2)12/h2,4-5H2,1,3H3,(H,15,16). The molecule has 0 aliphatic rings. The molecule has 0 aliphatic carbocycles. The minimum Gasteiger partial charge on any atom is -0.478 e.